The van der Waals surface area contributed by atoms with Crippen LogP contribution >= 0.6 is 11.6 Å². The molecule has 1 N–H and O–H groups in total. The first-order valence-corrected chi connectivity index (χ1v) is 7.86. The molecular formula is C18H16ClNO3. The molecule has 0 saturated carbocycles. The van der Waals surface area contributed by atoms with Crippen LogP contribution in [-0.2, 0) is 0 Å². The number of hydrogen-bond donors (Lipinski definition) is 1. The molecule has 1 aliphatic rings. The maximum absolute atomic E-state index is 12.5. The average Bonchev–Trinajstić information content (AvgIpc) is 3.08. The van der Waals surface area contributed by atoms with Crippen LogP contribution in [0.5, 0.6) is 0 Å². The first-order chi connectivity index (χ1) is 11.1. The number of carbonyl (C=O) groups is 2. The summed E-state index contributed by atoms with van der Waals surface area (Å²) >= 11 is 6.02. The molecule has 4 nitrogen and oxygen atoms in total. The monoisotopic (exact) mass is 329 g/mol. The zero-order chi connectivity index (χ0) is 16.4. The van der Waals surface area contributed by atoms with Gasteiger partial charge in [-0.15, -0.1) is 0 Å². The summed E-state index contributed by atoms with van der Waals surface area (Å²) < 4.78 is 0. The van der Waals surface area contributed by atoms with E-state index in [0.717, 1.165) is 37.1 Å². The maximum atomic E-state index is 12.5. The van der Waals surface area contributed by atoms with Gasteiger partial charge < -0.3 is 10.0 Å². The second-order valence-electron chi connectivity index (χ2n) is 5.58. The van der Waals surface area contributed by atoms with Gasteiger partial charge in [-0.2, -0.15) is 0 Å². The first-order valence-electron chi connectivity index (χ1n) is 7.49. The molecule has 118 valence electrons. The van der Waals surface area contributed by atoms with E-state index in [1.165, 1.54) is 6.07 Å². The number of rotatable bonds is 3. The fraction of sp³-hybridized carbons (Fsp3) is 0.222. The number of carboxylic acids is 1. The van der Waals surface area contributed by atoms with Crippen molar-refractivity contribution >= 4 is 23.5 Å². The summed E-state index contributed by atoms with van der Waals surface area (Å²) in [7, 11) is 0. The van der Waals surface area contributed by atoms with Gasteiger partial charge in [0, 0.05) is 18.7 Å². The number of hydrogen-bond acceptors (Lipinski definition) is 2. The minimum Gasteiger partial charge on any atom is -0.478 e. The third-order valence-corrected chi connectivity index (χ3v) is 4.35. The number of halogens is 1. The highest BCUT2D eigenvalue weighted by molar-refractivity contribution is 6.33. The first kappa shape index (κ1) is 15.6. The molecule has 0 unspecified atom stereocenters. The normalized spacial score (nSPS) is 14.0. The van der Waals surface area contributed by atoms with Gasteiger partial charge in [-0.3, -0.25) is 4.79 Å². The summed E-state index contributed by atoms with van der Waals surface area (Å²) in [5.74, 6) is -1.02. The second kappa shape index (κ2) is 6.42. The van der Waals surface area contributed by atoms with Crippen molar-refractivity contribution in [1.82, 2.24) is 4.90 Å². The minimum atomic E-state index is -1.06. The Kier molecular flexibility index (Phi) is 4.35. The summed E-state index contributed by atoms with van der Waals surface area (Å²) in [6.45, 7) is 1.62. The summed E-state index contributed by atoms with van der Waals surface area (Å²) in [6.07, 6.45) is 2.11. The fourth-order valence-electron chi connectivity index (χ4n) is 2.80. The van der Waals surface area contributed by atoms with Crippen LogP contribution in [0, 0.1) is 0 Å². The smallest absolute Gasteiger partial charge is 0.337 e. The number of aromatic carboxylic acids is 1. The van der Waals surface area contributed by atoms with Gasteiger partial charge in [0.15, 0.2) is 0 Å². The molecule has 0 aliphatic carbocycles. The molecule has 1 heterocycles. The highest BCUT2D eigenvalue weighted by Gasteiger charge is 2.19. The topological polar surface area (TPSA) is 57.6 Å². The number of carboxylic acid groups (broad SMARTS) is 1. The van der Waals surface area contributed by atoms with E-state index in [4.69, 9.17) is 16.7 Å². The van der Waals surface area contributed by atoms with Crippen molar-refractivity contribution in [3.8, 4) is 11.1 Å². The van der Waals surface area contributed by atoms with E-state index in [1.807, 2.05) is 23.1 Å². The molecule has 5 heteroatoms. The van der Waals surface area contributed by atoms with Crippen molar-refractivity contribution in [2.45, 2.75) is 12.8 Å². The number of nitrogens with zero attached hydrogens (tertiary/aromatic N) is 1. The lowest BCUT2D eigenvalue weighted by molar-refractivity contribution is 0.0696. The lowest BCUT2D eigenvalue weighted by atomic mass is 10.0. The molecule has 1 fully saturated rings. The third-order valence-electron chi connectivity index (χ3n) is 4.04. The molecule has 3 rings (SSSR count). The van der Waals surface area contributed by atoms with Crippen LogP contribution in [0.2, 0.25) is 5.02 Å². The minimum absolute atomic E-state index is 0.0394. The molecule has 0 atom stereocenters. The maximum Gasteiger partial charge on any atom is 0.337 e. The molecule has 0 radical (unpaired) electrons. The van der Waals surface area contributed by atoms with Crippen LogP contribution in [0.3, 0.4) is 0 Å². The predicted molar refractivity (Wildman–Crippen MR) is 89.0 cm³/mol. The van der Waals surface area contributed by atoms with Crippen LogP contribution in [-0.4, -0.2) is 35.0 Å². The average molecular weight is 330 g/mol. The van der Waals surface area contributed by atoms with E-state index in [1.54, 1.807) is 18.2 Å². The molecule has 0 bridgehead atoms. The molecule has 1 amide bonds. The molecule has 2 aromatic carbocycles. The molecule has 23 heavy (non-hydrogen) atoms. The zero-order valence-corrected chi connectivity index (χ0v) is 13.2. The molecule has 2 aromatic rings. The van der Waals surface area contributed by atoms with Crippen molar-refractivity contribution in [2.75, 3.05) is 13.1 Å². The van der Waals surface area contributed by atoms with Crippen molar-refractivity contribution in [3.05, 3.63) is 58.6 Å². The van der Waals surface area contributed by atoms with Gasteiger partial charge in [-0.1, -0.05) is 29.8 Å². The molecule has 1 saturated heterocycles. The number of likely N-dealkylation sites (tertiary alicyclic amines) is 1. The summed E-state index contributed by atoms with van der Waals surface area (Å²) in [5.41, 5.74) is 2.34. The van der Waals surface area contributed by atoms with Gasteiger partial charge in [0.25, 0.3) is 5.91 Å². The molecule has 0 spiro atoms. The highest BCUT2D eigenvalue weighted by Crippen LogP contribution is 2.27. The lowest BCUT2D eigenvalue weighted by Gasteiger charge is -2.15. The van der Waals surface area contributed by atoms with Crippen LogP contribution in [0.4, 0.5) is 0 Å². The van der Waals surface area contributed by atoms with E-state index < -0.39 is 5.97 Å². The van der Waals surface area contributed by atoms with Gasteiger partial charge in [0.1, 0.15) is 0 Å². The van der Waals surface area contributed by atoms with Gasteiger partial charge >= 0.3 is 5.97 Å². The standard InChI is InChI=1S/C18H16ClNO3/c19-16-11-13(6-7-15(16)18(22)23)12-4-3-5-14(10-12)17(21)20-8-1-2-9-20/h3-7,10-11H,1-2,8-9H2,(H,22,23). The van der Waals surface area contributed by atoms with Crippen LogP contribution in [0.1, 0.15) is 33.6 Å². The van der Waals surface area contributed by atoms with Gasteiger partial charge in [0.2, 0.25) is 0 Å². The van der Waals surface area contributed by atoms with Crippen molar-refractivity contribution in [3.63, 3.8) is 0 Å². The van der Waals surface area contributed by atoms with Crippen LogP contribution in [0.15, 0.2) is 42.5 Å². The number of benzene rings is 2. The van der Waals surface area contributed by atoms with E-state index in [-0.39, 0.29) is 16.5 Å². The van der Waals surface area contributed by atoms with Gasteiger partial charge in [0.05, 0.1) is 10.6 Å². The van der Waals surface area contributed by atoms with E-state index in [0.29, 0.717) is 5.56 Å². The Balaban J connectivity index is 1.92. The van der Waals surface area contributed by atoms with Gasteiger partial charge in [-0.25, -0.2) is 4.79 Å². The fourth-order valence-corrected chi connectivity index (χ4v) is 3.06. The Bertz CT molecular complexity index is 767. The SMILES string of the molecule is O=C(O)c1ccc(-c2cccc(C(=O)N3CCCC3)c2)cc1Cl. The zero-order valence-electron chi connectivity index (χ0n) is 12.5. The Morgan fingerprint density at radius 2 is 1.70 bits per heavy atom. The second-order valence-corrected chi connectivity index (χ2v) is 5.99. The molecule has 0 aromatic heterocycles. The summed E-state index contributed by atoms with van der Waals surface area (Å²) in [5, 5.41) is 9.22. The Morgan fingerprint density at radius 3 is 2.35 bits per heavy atom. The van der Waals surface area contributed by atoms with Crippen molar-refractivity contribution in [1.29, 1.82) is 0 Å². The van der Waals surface area contributed by atoms with Crippen LogP contribution < -0.4 is 0 Å². The van der Waals surface area contributed by atoms with E-state index in [9.17, 15) is 9.59 Å². The summed E-state index contributed by atoms with van der Waals surface area (Å²) in [4.78, 5) is 25.3. The Hall–Kier alpha value is -2.33. The Morgan fingerprint density at radius 1 is 1.00 bits per heavy atom. The van der Waals surface area contributed by atoms with E-state index >= 15 is 0 Å². The molecular weight excluding hydrogens is 314 g/mol. The van der Waals surface area contributed by atoms with E-state index in [2.05, 4.69) is 0 Å². The number of carbonyl (C=O) groups excluding carboxylic acids is 1. The van der Waals surface area contributed by atoms with Gasteiger partial charge in [-0.05, 0) is 48.2 Å². The Labute approximate surface area is 139 Å². The summed E-state index contributed by atoms with van der Waals surface area (Å²) in [6, 6.07) is 12.1. The third kappa shape index (κ3) is 3.22. The quantitative estimate of drug-likeness (QED) is 0.927. The predicted octanol–water partition coefficient (Wildman–Crippen LogP) is 3.94. The highest BCUT2D eigenvalue weighted by atomic mass is 35.5. The number of amides is 1. The molecule has 1 aliphatic heterocycles. The van der Waals surface area contributed by atoms with Crippen molar-refractivity contribution in [2.24, 2.45) is 0 Å². The van der Waals surface area contributed by atoms with Crippen LogP contribution in [0.25, 0.3) is 11.1 Å². The largest absolute Gasteiger partial charge is 0.478 e. The van der Waals surface area contributed by atoms with Crippen molar-refractivity contribution < 1.29 is 14.7 Å². The lowest BCUT2D eigenvalue weighted by Crippen LogP contribution is -2.27.